The monoisotopic (exact) mass is 467 g/mol. The number of hydrogen-bond donors (Lipinski definition) is 1. The number of nitrogens with one attached hydrogen (secondary N) is 1. The van der Waals surface area contributed by atoms with Crippen molar-refractivity contribution < 1.29 is 9.59 Å². The molecule has 5 nitrogen and oxygen atoms in total. The summed E-state index contributed by atoms with van der Waals surface area (Å²) >= 11 is 12.2. The summed E-state index contributed by atoms with van der Waals surface area (Å²) in [7, 11) is 0. The lowest BCUT2D eigenvalue weighted by molar-refractivity contribution is -0.133. The fraction of sp³-hybridized carbons (Fsp3) is 0.240. The molecule has 7 heteroatoms. The van der Waals surface area contributed by atoms with Gasteiger partial charge in [0.05, 0.1) is 22.3 Å². The highest BCUT2D eigenvalue weighted by Crippen LogP contribution is 2.28. The summed E-state index contributed by atoms with van der Waals surface area (Å²) in [5, 5.41) is 3.88. The number of anilines is 1. The average Bonchev–Trinajstić information content (AvgIpc) is 2.80. The Morgan fingerprint density at radius 3 is 2.62 bits per heavy atom. The molecule has 0 spiro atoms. The molecule has 1 aliphatic heterocycles. The second kappa shape index (κ2) is 10.2. The zero-order valence-electron chi connectivity index (χ0n) is 17.4. The van der Waals surface area contributed by atoms with Crippen LogP contribution in [0.1, 0.15) is 29.7 Å². The number of carbonyl (C=O) groups is 2. The fourth-order valence-electron chi connectivity index (χ4n) is 3.88. The fourth-order valence-corrected chi connectivity index (χ4v) is 4.20. The summed E-state index contributed by atoms with van der Waals surface area (Å²) in [6, 6.07) is 18.8. The molecule has 1 aliphatic rings. The van der Waals surface area contributed by atoms with E-state index in [-0.39, 0.29) is 24.2 Å². The van der Waals surface area contributed by atoms with Crippen LogP contribution in [0.3, 0.4) is 0 Å². The highest BCUT2D eigenvalue weighted by molar-refractivity contribution is 6.42. The first-order chi connectivity index (χ1) is 15.5. The van der Waals surface area contributed by atoms with Crippen LogP contribution in [0, 0.1) is 5.92 Å². The second-order valence-corrected chi connectivity index (χ2v) is 8.72. The third kappa shape index (κ3) is 5.47. The molecule has 1 unspecified atom stereocenters. The molecule has 2 aromatic carbocycles. The molecular weight excluding hydrogens is 445 g/mol. The van der Waals surface area contributed by atoms with Gasteiger partial charge in [-0.15, -0.1) is 0 Å². The maximum absolute atomic E-state index is 13.2. The molecule has 32 heavy (non-hydrogen) atoms. The Bertz CT molecular complexity index is 1120. The van der Waals surface area contributed by atoms with E-state index in [1.54, 1.807) is 23.2 Å². The Morgan fingerprint density at radius 2 is 1.84 bits per heavy atom. The summed E-state index contributed by atoms with van der Waals surface area (Å²) in [5.74, 6) is -0.291. The predicted octanol–water partition coefficient (Wildman–Crippen LogP) is 5.51. The quantitative estimate of drug-likeness (QED) is 0.498. The minimum Gasteiger partial charge on any atom is -0.332 e. The van der Waals surface area contributed by atoms with E-state index in [4.69, 9.17) is 23.2 Å². The van der Waals surface area contributed by atoms with E-state index in [1.807, 2.05) is 48.5 Å². The van der Waals surface area contributed by atoms with Crippen molar-refractivity contribution in [3.63, 3.8) is 0 Å². The van der Waals surface area contributed by atoms with Gasteiger partial charge in [0.15, 0.2) is 0 Å². The molecule has 1 aromatic heterocycles. The lowest BCUT2D eigenvalue weighted by Crippen LogP contribution is -2.33. The Morgan fingerprint density at radius 1 is 1.03 bits per heavy atom. The number of hydrogen-bond acceptors (Lipinski definition) is 3. The molecular formula is C25H23Cl2N3O2. The van der Waals surface area contributed by atoms with Crippen LogP contribution in [0.25, 0.3) is 0 Å². The van der Waals surface area contributed by atoms with Gasteiger partial charge in [-0.1, -0.05) is 53.5 Å². The van der Waals surface area contributed by atoms with Crippen LogP contribution in [0.2, 0.25) is 10.0 Å². The van der Waals surface area contributed by atoms with Gasteiger partial charge in [-0.05, 0) is 54.3 Å². The van der Waals surface area contributed by atoms with E-state index >= 15 is 0 Å². The van der Waals surface area contributed by atoms with Gasteiger partial charge < -0.3 is 10.2 Å². The van der Waals surface area contributed by atoms with Crippen molar-refractivity contribution in [3.05, 3.63) is 93.7 Å². The topological polar surface area (TPSA) is 62.3 Å². The molecule has 0 saturated heterocycles. The molecule has 2 heterocycles. The van der Waals surface area contributed by atoms with Crippen LogP contribution in [0.15, 0.2) is 66.9 Å². The van der Waals surface area contributed by atoms with Crippen molar-refractivity contribution in [3.8, 4) is 0 Å². The molecule has 164 valence electrons. The Labute approximate surface area is 197 Å². The number of aromatic nitrogens is 1. The van der Waals surface area contributed by atoms with Crippen molar-refractivity contribution in [2.75, 3.05) is 5.32 Å². The highest BCUT2D eigenvalue weighted by atomic mass is 35.5. The van der Waals surface area contributed by atoms with Crippen molar-refractivity contribution >= 4 is 40.7 Å². The van der Waals surface area contributed by atoms with E-state index in [2.05, 4.69) is 10.3 Å². The lowest BCUT2D eigenvalue weighted by atomic mass is 9.89. The van der Waals surface area contributed by atoms with Crippen molar-refractivity contribution in [2.24, 2.45) is 5.92 Å². The highest BCUT2D eigenvalue weighted by Gasteiger charge is 2.27. The Hall–Kier alpha value is -2.89. The van der Waals surface area contributed by atoms with Gasteiger partial charge >= 0.3 is 0 Å². The number of rotatable bonds is 7. The van der Waals surface area contributed by atoms with Gasteiger partial charge in [-0.2, -0.15) is 0 Å². The summed E-state index contributed by atoms with van der Waals surface area (Å²) in [4.78, 5) is 31.8. The molecule has 0 radical (unpaired) electrons. The van der Waals surface area contributed by atoms with Crippen LogP contribution in [-0.4, -0.2) is 21.7 Å². The minimum absolute atomic E-state index is 0.0303. The third-order valence-corrected chi connectivity index (χ3v) is 6.35. The smallest absolute Gasteiger partial charge is 0.227 e. The molecule has 4 rings (SSSR count). The maximum atomic E-state index is 13.2. The van der Waals surface area contributed by atoms with Gasteiger partial charge in [0, 0.05) is 30.8 Å². The number of nitrogens with zero attached hydrogens (tertiary/aromatic N) is 2. The number of para-hydroxylation sites is 1. The molecule has 1 atom stereocenters. The summed E-state index contributed by atoms with van der Waals surface area (Å²) in [6.45, 7) is 0.756. The normalized spacial score (nSPS) is 15.1. The van der Waals surface area contributed by atoms with Gasteiger partial charge in [-0.3, -0.25) is 14.6 Å². The summed E-state index contributed by atoms with van der Waals surface area (Å²) in [6.07, 6.45) is 3.11. The number of benzene rings is 2. The number of amides is 2. The molecule has 0 saturated carbocycles. The Kier molecular flexibility index (Phi) is 7.08. The third-order valence-electron chi connectivity index (χ3n) is 5.61. The first-order valence-corrected chi connectivity index (χ1v) is 11.3. The van der Waals surface area contributed by atoms with Crippen molar-refractivity contribution in [1.29, 1.82) is 0 Å². The van der Waals surface area contributed by atoms with E-state index in [0.717, 1.165) is 22.5 Å². The second-order valence-electron chi connectivity index (χ2n) is 7.91. The predicted molar refractivity (Wildman–Crippen MR) is 126 cm³/mol. The average molecular weight is 468 g/mol. The molecule has 1 N–H and O–H groups in total. The number of fused-ring (bicyclic) bond motifs is 1. The van der Waals surface area contributed by atoms with Crippen LogP contribution in [-0.2, 0) is 29.1 Å². The van der Waals surface area contributed by atoms with E-state index in [0.29, 0.717) is 36.0 Å². The number of pyridine rings is 1. The summed E-state index contributed by atoms with van der Waals surface area (Å²) < 4.78 is 0. The van der Waals surface area contributed by atoms with Gasteiger partial charge in [0.1, 0.15) is 0 Å². The first kappa shape index (κ1) is 22.3. The molecule has 2 amide bonds. The molecule has 0 fully saturated rings. The Balaban J connectivity index is 1.45. The van der Waals surface area contributed by atoms with E-state index < -0.39 is 0 Å². The van der Waals surface area contributed by atoms with Crippen molar-refractivity contribution in [1.82, 2.24) is 9.88 Å². The minimum atomic E-state index is -0.226. The van der Waals surface area contributed by atoms with Crippen molar-refractivity contribution in [2.45, 2.75) is 32.4 Å². The van der Waals surface area contributed by atoms with Gasteiger partial charge in [0.25, 0.3) is 0 Å². The van der Waals surface area contributed by atoms with Crippen LogP contribution in [0.5, 0.6) is 0 Å². The van der Waals surface area contributed by atoms with Crippen LogP contribution >= 0.6 is 23.2 Å². The van der Waals surface area contributed by atoms with Crippen LogP contribution in [0.4, 0.5) is 5.69 Å². The number of halogens is 2. The molecule has 3 aromatic rings. The zero-order valence-corrected chi connectivity index (χ0v) is 18.9. The standard InChI is InChI=1S/C25H23Cl2N3O2/c26-21-10-8-17(13-22(21)27)15-30(16-20-6-3-4-12-28-20)24(31)11-9-19-14-18-5-1-2-7-23(18)29-25(19)32/h1-8,10,12-13,19H,9,11,14-16H2,(H,29,32). The maximum Gasteiger partial charge on any atom is 0.227 e. The van der Waals surface area contributed by atoms with E-state index in [1.165, 1.54) is 0 Å². The lowest BCUT2D eigenvalue weighted by Gasteiger charge is -2.26. The van der Waals surface area contributed by atoms with E-state index in [9.17, 15) is 9.59 Å². The first-order valence-electron chi connectivity index (χ1n) is 10.5. The largest absolute Gasteiger partial charge is 0.332 e. The number of carbonyl (C=O) groups excluding carboxylic acids is 2. The molecule has 0 bridgehead atoms. The molecule has 0 aliphatic carbocycles. The SMILES string of the molecule is O=C1Nc2ccccc2CC1CCC(=O)N(Cc1ccc(Cl)c(Cl)c1)Cc1ccccn1. The van der Waals surface area contributed by atoms with Crippen LogP contribution < -0.4 is 5.32 Å². The summed E-state index contributed by atoms with van der Waals surface area (Å²) in [5.41, 5.74) is 3.64. The zero-order chi connectivity index (χ0) is 22.5. The van der Waals surface area contributed by atoms with Gasteiger partial charge in [0.2, 0.25) is 11.8 Å². The van der Waals surface area contributed by atoms with Gasteiger partial charge in [-0.25, -0.2) is 0 Å².